The topological polar surface area (TPSA) is 143 Å². The molecule has 15 heteroatoms. The summed E-state index contributed by atoms with van der Waals surface area (Å²) >= 11 is 0. The second-order valence-electron chi connectivity index (χ2n) is 12.3. The molecule has 6 rings (SSSR count). The first-order valence-electron chi connectivity index (χ1n) is 15.0. The van der Waals surface area contributed by atoms with Crippen molar-refractivity contribution in [1.82, 2.24) is 19.5 Å². The molecular formula is C31H34FN7O6S. The molecule has 4 heterocycles. The molecule has 2 aromatic carbocycles. The molecule has 0 radical (unpaired) electrons. The van der Waals surface area contributed by atoms with Gasteiger partial charge in [0.15, 0.2) is 10.5 Å². The number of nitro benzene ring substituents is 1. The molecule has 4 aromatic rings. The van der Waals surface area contributed by atoms with Crippen LogP contribution >= 0.6 is 0 Å². The first kappa shape index (κ1) is 31.4. The number of halogens is 1. The van der Waals surface area contributed by atoms with Crippen LogP contribution in [0, 0.1) is 15.9 Å². The molecule has 0 aliphatic carbocycles. The number of hydrogen-bond acceptors (Lipinski definition) is 9. The van der Waals surface area contributed by atoms with Gasteiger partial charge in [-0.2, -0.15) is 5.10 Å². The number of amides is 1. The van der Waals surface area contributed by atoms with E-state index in [1.165, 1.54) is 45.9 Å². The molecule has 242 valence electrons. The third kappa shape index (κ3) is 5.99. The van der Waals surface area contributed by atoms with Crippen LogP contribution in [0.5, 0.6) is 0 Å². The van der Waals surface area contributed by atoms with Crippen molar-refractivity contribution >= 4 is 39.0 Å². The lowest BCUT2D eigenvalue weighted by atomic mass is 10.1. The van der Waals surface area contributed by atoms with E-state index in [4.69, 9.17) is 9.72 Å². The molecule has 46 heavy (non-hydrogen) atoms. The molecule has 1 atom stereocenters. The summed E-state index contributed by atoms with van der Waals surface area (Å²) < 4.78 is 52.3. The zero-order chi connectivity index (χ0) is 32.8. The summed E-state index contributed by atoms with van der Waals surface area (Å²) in [4.78, 5) is 32.5. The zero-order valence-electron chi connectivity index (χ0n) is 25.7. The van der Waals surface area contributed by atoms with Crippen molar-refractivity contribution in [3.63, 3.8) is 0 Å². The average molecular weight is 652 g/mol. The Hall–Kier alpha value is -4.63. The Labute approximate surface area is 265 Å². The first-order valence-corrected chi connectivity index (χ1v) is 16.4. The Balaban J connectivity index is 1.53. The molecule has 1 unspecified atom stereocenters. The van der Waals surface area contributed by atoms with Crippen molar-refractivity contribution in [2.24, 2.45) is 0 Å². The number of fused-ring (bicyclic) bond motifs is 5. The van der Waals surface area contributed by atoms with E-state index in [2.05, 4.69) is 10.00 Å². The fraction of sp³-hybridized carbons (Fsp3) is 0.387. The minimum atomic E-state index is -4.48. The smallest absolute Gasteiger partial charge is 0.416 e. The number of benzene rings is 2. The fourth-order valence-corrected chi connectivity index (χ4v) is 7.65. The van der Waals surface area contributed by atoms with Crippen LogP contribution in [0.3, 0.4) is 0 Å². The van der Waals surface area contributed by atoms with Crippen molar-refractivity contribution in [3.05, 3.63) is 76.9 Å². The van der Waals surface area contributed by atoms with Gasteiger partial charge < -0.3 is 4.74 Å². The Bertz CT molecular complexity index is 1930. The first-order chi connectivity index (χ1) is 21.8. The monoisotopic (exact) mass is 651 g/mol. The van der Waals surface area contributed by atoms with Crippen LogP contribution in [0.4, 0.5) is 26.4 Å². The molecule has 1 amide bonds. The summed E-state index contributed by atoms with van der Waals surface area (Å²) in [6, 6.07) is 10.7. The molecule has 0 spiro atoms. The zero-order valence-corrected chi connectivity index (χ0v) is 26.5. The SMILES string of the molecule is CC(C)(C)OC(=O)N1CCC2CCCN2CCN(S(=O)(=O)c2ccccc2[N+](=O)[O-])c2ccc(F)c(c2)-c2cnn3ccc1nc23. The number of carbonyl (C=O) groups excluding carboxylic acids is 1. The van der Waals surface area contributed by atoms with Gasteiger partial charge in [-0.1, -0.05) is 12.1 Å². The van der Waals surface area contributed by atoms with Gasteiger partial charge in [0.05, 0.1) is 16.8 Å². The molecule has 4 bridgehead atoms. The predicted octanol–water partition coefficient (Wildman–Crippen LogP) is 5.25. The summed E-state index contributed by atoms with van der Waals surface area (Å²) in [6.07, 6.45) is 4.72. The van der Waals surface area contributed by atoms with Crippen molar-refractivity contribution in [2.75, 3.05) is 35.4 Å². The predicted molar refractivity (Wildman–Crippen MR) is 169 cm³/mol. The summed E-state index contributed by atoms with van der Waals surface area (Å²) in [5.74, 6) is -0.345. The van der Waals surface area contributed by atoms with E-state index in [1.807, 2.05) is 0 Å². The number of rotatable bonds is 3. The maximum atomic E-state index is 15.6. The van der Waals surface area contributed by atoms with Crippen LogP contribution < -0.4 is 9.21 Å². The second-order valence-corrected chi connectivity index (χ2v) is 14.2. The van der Waals surface area contributed by atoms with Gasteiger partial charge in [-0.25, -0.2) is 27.1 Å². The standard InChI is InChI=1S/C31H34FN7O6S/c1-31(2,3)45-30(40)36-15-12-21-7-6-14-35(21)17-18-38(46(43,44)27-9-5-4-8-26(27)39(41)42)22-10-11-25(32)23(19-22)24-20-33-37-16-13-28(36)34-29(24)37/h4-5,8-11,13,16,19-21H,6-7,12,14-15,17-18H2,1-3H3. The van der Waals surface area contributed by atoms with Gasteiger partial charge in [-0.15, -0.1) is 0 Å². The largest absolute Gasteiger partial charge is 0.443 e. The van der Waals surface area contributed by atoms with Gasteiger partial charge in [0.2, 0.25) is 0 Å². The molecule has 2 aromatic heterocycles. The molecule has 13 nitrogen and oxygen atoms in total. The number of nitrogens with zero attached hydrogens (tertiary/aromatic N) is 7. The fourth-order valence-electron chi connectivity index (χ4n) is 6.04. The Morgan fingerprint density at radius 3 is 2.59 bits per heavy atom. The summed E-state index contributed by atoms with van der Waals surface area (Å²) in [6.45, 7) is 6.55. The third-order valence-electron chi connectivity index (χ3n) is 8.18. The number of aromatic nitrogens is 3. The molecular weight excluding hydrogens is 617 g/mol. The van der Waals surface area contributed by atoms with Crippen molar-refractivity contribution in [3.8, 4) is 11.1 Å². The van der Waals surface area contributed by atoms with Crippen molar-refractivity contribution in [1.29, 1.82) is 0 Å². The maximum absolute atomic E-state index is 15.6. The van der Waals surface area contributed by atoms with Crippen molar-refractivity contribution in [2.45, 2.75) is 56.6 Å². The normalized spacial score (nSPS) is 17.9. The molecule has 1 saturated heterocycles. The molecule has 0 saturated carbocycles. The lowest BCUT2D eigenvalue weighted by Gasteiger charge is -2.31. The lowest BCUT2D eigenvalue weighted by molar-refractivity contribution is -0.387. The maximum Gasteiger partial charge on any atom is 0.416 e. The highest BCUT2D eigenvalue weighted by molar-refractivity contribution is 7.93. The number of nitro groups is 1. The van der Waals surface area contributed by atoms with Gasteiger partial charge in [-0.05, 0) is 76.9 Å². The number of sulfonamides is 1. The molecule has 2 aliphatic heterocycles. The number of anilines is 2. The van der Waals surface area contributed by atoms with E-state index in [1.54, 1.807) is 33.0 Å². The minimum absolute atomic E-state index is 0.0173. The van der Waals surface area contributed by atoms with Crippen molar-refractivity contribution < 1.29 is 27.3 Å². The summed E-state index contributed by atoms with van der Waals surface area (Å²) in [7, 11) is -4.48. The highest BCUT2D eigenvalue weighted by Gasteiger charge is 2.35. The third-order valence-corrected chi connectivity index (χ3v) is 10.1. The molecule has 2 aliphatic rings. The quantitative estimate of drug-likeness (QED) is 0.214. The van der Waals surface area contributed by atoms with E-state index in [0.29, 0.717) is 25.3 Å². The van der Waals surface area contributed by atoms with Crippen LogP contribution in [0.2, 0.25) is 0 Å². The van der Waals surface area contributed by atoms with E-state index in [0.717, 1.165) is 29.3 Å². The van der Waals surface area contributed by atoms with Gasteiger partial charge in [0, 0.05) is 49.1 Å². The van der Waals surface area contributed by atoms with E-state index in [-0.39, 0.29) is 41.6 Å². The number of ether oxygens (including phenoxy) is 1. The number of hydrogen-bond donors (Lipinski definition) is 0. The van der Waals surface area contributed by atoms with E-state index >= 15 is 4.39 Å². The molecule has 0 N–H and O–H groups in total. The van der Waals surface area contributed by atoms with Gasteiger partial charge in [0.1, 0.15) is 17.2 Å². The highest BCUT2D eigenvalue weighted by Crippen LogP contribution is 2.35. The molecule has 1 fully saturated rings. The average Bonchev–Trinajstić information content (AvgIpc) is 3.63. The summed E-state index contributed by atoms with van der Waals surface area (Å²) in [5.41, 5.74) is -0.646. The second kappa shape index (κ2) is 11.9. The lowest BCUT2D eigenvalue weighted by Crippen LogP contribution is -2.43. The van der Waals surface area contributed by atoms with Gasteiger partial charge >= 0.3 is 6.09 Å². The number of para-hydroxylation sites is 1. The van der Waals surface area contributed by atoms with Gasteiger partial charge in [-0.3, -0.25) is 24.2 Å². The van der Waals surface area contributed by atoms with Gasteiger partial charge in [0.25, 0.3) is 15.7 Å². The highest BCUT2D eigenvalue weighted by atomic mass is 32.2. The Morgan fingerprint density at radius 2 is 1.83 bits per heavy atom. The summed E-state index contributed by atoms with van der Waals surface area (Å²) in [5, 5.41) is 16.2. The van der Waals surface area contributed by atoms with E-state index < -0.39 is 43.0 Å². The van der Waals surface area contributed by atoms with Crippen LogP contribution in [0.25, 0.3) is 16.8 Å². The van der Waals surface area contributed by atoms with Crippen LogP contribution in [-0.2, 0) is 14.8 Å². The van der Waals surface area contributed by atoms with Crippen LogP contribution in [0.15, 0.2) is 65.8 Å². The minimum Gasteiger partial charge on any atom is -0.443 e. The van der Waals surface area contributed by atoms with E-state index in [9.17, 15) is 23.3 Å². The Morgan fingerprint density at radius 1 is 1.04 bits per heavy atom. The van der Waals surface area contributed by atoms with Crippen LogP contribution in [-0.4, -0.2) is 76.8 Å². The van der Waals surface area contributed by atoms with Crippen LogP contribution in [0.1, 0.15) is 40.0 Å². The number of carbonyl (C=O) groups is 1. The Kier molecular flexibility index (Phi) is 8.14.